The second-order valence-electron chi connectivity index (χ2n) is 12.7. The molecule has 4 rings (SSSR count). The molecule has 7 nitrogen and oxygen atoms in total. The van der Waals surface area contributed by atoms with Crippen LogP contribution in [-0.2, 0) is 11.3 Å². The van der Waals surface area contributed by atoms with Crippen LogP contribution in [0.15, 0.2) is 47.4 Å². The van der Waals surface area contributed by atoms with Gasteiger partial charge in [-0.15, -0.1) is 0 Å². The van der Waals surface area contributed by atoms with Gasteiger partial charge in [0.1, 0.15) is 0 Å². The Morgan fingerprint density at radius 3 is 2.38 bits per heavy atom. The summed E-state index contributed by atoms with van der Waals surface area (Å²) < 4.78 is 1.47. The second-order valence-corrected chi connectivity index (χ2v) is 12.7. The zero-order chi connectivity index (χ0) is 28.4. The molecule has 2 fully saturated rings. The number of piperidine rings is 1. The predicted molar refractivity (Wildman–Crippen MR) is 154 cm³/mol. The van der Waals surface area contributed by atoms with E-state index in [1.807, 2.05) is 56.0 Å². The fraction of sp³-hybridized carbons (Fsp3) is 0.594. The number of likely N-dealkylation sites (tertiary alicyclic amines) is 1. The van der Waals surface area contributed by atoms with Crippen LogP contribution in [0.2, 0.25) is 0 Å². The SMILES string of the molecule is CC(CC1CCCCC1)C(=O)N1CC[C@@](O)(Cn2cc(C(=O)N(C)C)c(-c3ccccc3)cc2=O)C(C)(C)C1. The summed E-state index contributed by atoms with van der Waals surface area (Å²) >= 11 is 0. The first-order chi connectivity index (χ1) is 18.4. The number of nitrogens with zero attached hydrogens (tertiary/aromatic N) is 3. The second kappa shape index (κ2) is 11.7. The highest BCUT2D eigenvalue weighted by Gasteiger charge is 2.49. The Morgan fingerprint density at radius 2 is 1.77 bits per heavy atom. The molecule has 2 aromatic rings. The highest BCUT2D eigenvalue weighted by atomic mass is 16.3. The Morgan fingerprint density at radius 1 is 1.10 bits per heavy atom. The highest BCUT2D eigenvalue weighted by Crippen LogP contribution is 2.41. The zero-order valence-electron chi connectivity index (χ0n) is 24.3. The lowest BCUT2D eigenvalue weighted by Crippen LogP contribution is -2.61. The van der Waals surface area contributed by atoms with E-state index in [2.05, 4.69) is 0 Å². The van der Waals surface area contributed by atoms with E-state index >= 15 is 0 Å². The Labute approximate surface area is 232 Å². The van der Waals surface area contributed by atoms with Crippen LogP contribution >= 0.6 is 0 Å². The number of hydrogen-bond acceptors (Lipinski definition) is 4. The van der Waals surface area contributed by atoms with Crippen molar-refractivity contribution in [3.05, 3.63) is 58.5 Å². The van der Waals surface area contributed by atoms with E-state index in [1.54, 1.807) is 20.3 Å². The lowest BCUT2D eigenvalue weighted by molar-refractivity contribution is -0.157. The maximum absolute atomic E-state index is 13.4. The van der Waals surface area contributed by atoms with Gasteiger partial charge in [-0.2, -0.15) is 0 Å². The number of aliphatic hydroxyl groups is 1. The zero-order valence-corrected chi connectivity index (χ0v) is 24.3. The summed E-state index contributed by atoms with van der Waals surface area (Å²) in [6, 6.07) is 10.9. The Bertz CT molecular complexity index is 1230. The van der Waals surface area contributed by atoms with Crippen molar-refractivity contribution in [2.24, 2.45) is 17.3 Å². The maximum Gasteiger partial charge on any atom is 0.255 e. The Hall–Kier alpha value is -2.93. The van der Waals surface area contributed by atoms with Crippen molar-refractivity contribution in [2.75, 3.05) is 27.2 Å². The summed E-state index contributed by atoms with van der Waals surface area (Å²) in [7, 11) is 3.37. The summed E-state index contributed by atoms with van der Waals surface area (Å²) in [4.78, 5) is 43.2. The van der Waals surface area contributed by atoms with Gasteiger partial charge in [-0.05, 0) is 24.3 Å². The number of hydrogen-bond donors (Lipinski definition) is 1. The van der Waals surface area contributed by atoms with Crippen molar-refractivity contribution in [2.45, 2.75) is 77.9 Å². The molecule has 1 saturated carbocycles. The molecule has 1 N–H and O–H groups in total. The van der Waals surface area contributed by atoms with Gasteiger partial charge in [0.15, 0.2) is 0 Å². The van der Waals surface area contributed by atoms with Crippen LogP contribution < -0.4 is 5.56 Å². The third-order valence-corrected chi connectivity index (χ3v) is 9.07. The summed E-state index contributed by atoms with van der Waals surface area (Å²) in [5, 5.41) is 11.9. The van der Waals surface area contributed by atoms with Crippen molar-refractivity contribution in [1.29, 1.82) is 0 Å². The topological polar surface area (TPSA) is 82.8 Å². The highest BCUT2D eigenvalue weighted by molar-refractivity contribution is 6.00. The fourth-order valence-electron chi connectivity index (χ4n) is 6.42. The van der Waals surface area contributed by atoms with Crippen molar-refractivity contribution in [1.82, 2.24) is 14.4 Å². The van der Waals surface area contributed by atoms with E-state index in [0.29, 0.717) is 36.6 Å². The van der Waals surface area contributed by atoms with Gasteiger partial charge in [-0.25, -0.2) is 0 Å². The minimum atomic E-state index is -1.22. The monoisotopic (exact) mass is 535 g/mol. The summed E-state index contributed by atoms with van der Waals surface area (Å²) in [6.45, 7) is 6.91. The van der Waals surface area contributed by atoms with Gasteiger partial charge in [0.25, 0.3) is 11.5 Å². The molecular weight excluding hydrogens is 490 g/mol. The van der Waals surface area contributed by atoms with Crippen molar-refractivity contribution in [3.8, 4) is 11.1 Å². The van der Waals surface area contributed by atoms with Crippen LogP contribution in [-0.4, -0.2) is 64.1 Å². The third kappa shape index (κ3) is 6.29. The number of carbonyl (C=O) groups excluding carboxylic acids is 2. The molecule has 2 atom stereocenters. The molecule has 1 saturated heterocycles. The molecule has 0 bridgehead atoms. The van der Waals surface area contributed by atoms with Crippen LogP contribution in [0, 0.1) is 17.3 Å². The quantitative estimate of drug-likeness (QED) is 0.552. The summed E-state index contributed by atoms with van der Waals surface area (Å²) in [5.74, 6) is 0.570. The standard InChI is InChI=1S/C32H45N3O4/c1-23(18-24-12-8-6-9-13-24)29(37)34-17-16-32(39,31(2,3)21-34)22-35-20-27(30(38)33(4)5)26(19-28(35)36)25-14-10-7-11-15-25/h7,10-11,14-15,19-20,23-24,39H,6,8-9,12-13,16-18,21-22H2,1-5H3/t23?,32-/m1/s1. The van der Waals surface area contributed by atoms with Gasteiger partial charge in [-0.1, -0.05) is 83.2 Å². The molecular formula is C32H45N3O4. The predicted octanol–water partition coefficient (Wildman–Crippen LogP) is 4.81. The number of aromatic nitrogens is 1. The van der Waals surface area contributed by atoms with E-state index < -0.39 is 11.0 Å². The molecule has 2 amide bonds. The molecule has 1 aromatic heterocycles. The lowest BCUT2D eigenvalue weighted by atomic mass is 9.69. The van der Waals surface area contributed by atoms with E-state index in [9.17, 15) is 19.5 Å². The Balaban J connectivity index is 1.54. The van der Waals surface area contributed by atoms with Gasteiger partial charge in [0.2, 0.25) is 5.91 Å². The minimum Gasteiger partial charge on any atom is -0.387 e. The molecule has 2 heterocycles. The van der Waals surface area contributed by atoms with Crippen LogP contribution in [0.4, 0.5) is 0 Å². The van der Waals surface area contributed by atoms with E-state index in [4.69, 9.17) is 0 Å². The molecule has 1 aliphatic heterocycles. The smallest absolute Gasteiger partial charge is 0.255 e. The van der Waals surface area contributed by atoms with Gasteiger partial charge >= 0.3 is 0 Å². The number of rotatable bonds is 7. The van der Waals surface area contributed by atoms with Gasteiger partial charge in [0, 0.05) is 56.3 Å². The molecule has 1 aromatic carbocycles. The first-order valence-electron chi connectivity index (χ1n) is 14.4. The molecule has 1 unspecified atom stereocenters. The molecule has 0 spiro atoms. The van der Waals surface area contributed by atoms with Gasteiger partial charge < -0.3 is 19.5 Å². The minimum absolute atomic E-state index is 0.0251. The summed E-state index contributed by atoms with van der Waals surface area (Å²) in [6.07, 6.45) is 9.17. The van der Waals surface area contributed by atoms with Gasteiger partial charge in [-0.3, -0.25) is 14.4 Å². The van der Waals surface area contributed by atoms with E-state index in [0.717, 1.165) is 12.0 Å². The molecule has 0 radical (unpaired) electrons. The molecule has 1 aliphatic carbocycles. The molecule has 212 valence electrons. The average molecular weight is 536 g/mol. The van der Waals surface area contributed by atoms with Crippen molar-refractivity contribution < 1.29 is 14.7 Å². The van der Waals surface area contributed by atoms with Crippen LogP contribution in [0.3, 0.4) is 0 Å². The number of carbonyl (C=O) groups is 2. The van der Waals surface area contributed by atoms with Crippen molar-refractivity contribution in [3.63, 3.8) is 0 Å². The first-order valence-corrected chi connectivity index (χ1v) is 14.4. The van der Waals surface area contributed by atoms with E-state index in [-0.39, 0.29) is 29.8 Å². The maximum atomic E-state index is 13.4. The summed E-state index contributed by atoms with van der Waals surface area (Å²) in [5.41, 5.74) is -0.347. The molecule has 39 heavy (non-hydrogen) atoms. The van der Waals surface area contributed by atoms with Crippen LogP contribution in [0.25, 0.3) is 11.1 Å². The fourth-order valence-corrected chi connectivity index (χ4v) is 6.42. The first kappa shape index (κ1) is 29.1. The third-order valence-electron chi connectivity index (χ3n) is 9.07. The normalized spacial score (nSPS) is 22.4. The van der Waals surface area contributed by atoms with Crippen LogP contribution in [0.1, 0.15) is 76.1 Å². The van der Waals surface area contributed by atoms with E-state index in [1.165, 1.54) is 47.6 Å². The number of pyridine rings is 1. The Kier molecular flexibility index (Phi) is 8.69. The average Bonchev–Trinajstić information content (AvgIpc) is 2.91. The number of amides is 2. The van der Waals surface area contributed by atoms with Crippen molar-refractivity contribution >= 4 is 11.8 Å². The lowest BCUT2D eigenvalue weighted by Gasteiger charge is -2.51. The molecule has 7 heteroatoms. The van der Waals surface area contributed by atoms with Crippen LogP contribution in [0.5, 0.6) is 0 Å². The largest absolute Gasteiger partial charge is 0.387 e. The van der Waals surface area contributed by atoms with Gasteiger partial charge in [0.05, 0.1) is 17.7 Å². The molecule has 2 aliphatic rings. The number of benzene rings is 1.